The predicted molar refractivity (Wildman–Crippen MR) is 97.6 cm³/mol. The summed E-state index contributed by atoms with van der Waals surface area (Å²) in [5.41, 5.74) is 1.00. The van der Waals surface area contributed by atoms with E-state index < -0.39 is 0 Å². The quantitative estimate of drug-likeness (QED) is 0.858. The lowest BCUT2D eigenvalue weighted by Crippen LogP contribution is -2.48. The van der Waals surface area contributed by atoms with Crippen molar-refractivity contribution in [3.63, 3.8) is 0 Å². The van der Waals surface area contributed by atoms with E-state index in [9.17, 15) is 5.11 Å². The fourth-order valence-corrected chi connectivity index (χ4v) is 3.68. The van der Waals surface area contributed by atoms with Crippen LogP contribution in [0, 0.1) is 0 Å². The highest BCUT2D eigenvalue weighted by molar-refractivity contribution is 6.02. The molecule has 0 bridgehead atoms. The molecule has 2 aromatic rings. The van der Waals surface area contributed by atoms with Gasteiger partial charge in [0.25, 0.3) is 0 Å². The summed E-state index contributed by atoms with van der Waals surface area (Å²) < 4.78 is 0. The maximum Gasteiger partial charge on any atom is 0.124 e. The van der Waals surface area contributed by atoms with Gasteiger partial charge in [-0.3, -0.25) is 4.99 Å². The van der Waals surface area contributed by atoms with Crippen LogP contribution in [0.25, 0.3) is 10.8 Å². The maximum absolute atomic E-state index is 10.2. The molecule has 0 spiro atoms. The first-order valence-corrected chi connectivity index (χ1v) is 8.50. The average Bonchev–Trinajstić information content (AvgIpc) is 2.57. The van der Waals surface area contributed by atoms with Gasteiger partial charge in [0, 0.05) is 17.3 Å². The van der Waals surface area contributed by atoms with Crippen LogP contribution in [0.15, 0.2) is 41.4 Å². The Morgan fingerprint density at radius 1 is 1.09 bits per heavy atom. The second-order valence-corrected chi connectivity index (χ2v) is 6.87. The van der Waals surface area contributed by atoms with Gasteiger partial charge in [0.1, 0.15) is 5.75 Å². The van der Waals surface area contributed by atoms with Crippen LogP contribution in [0.5, 0.6) is 5.75 Å². The van der Waals surface area contributed by atoms with Crippen LogP contribution in [-0.2, 0) is 0 Å². The zero-order valence-electron chi connectivity index (χ0n) is 14.1. The van der Waals surface area contributed by atoms with E-state index in [1.165, 1.54) is 32.1 Å². The first-order chi connectivity index (χ1) is 11.1. The highest BCUT2D eigenvalue weighted by atomic mass is 16.3. The summed E-state index contributed by atoms with van der Waals surface area (Å²) in [5.74, 6) is 0.301. The molecule has 1 aliphatic rings. The molecule has 0 radical (unpaired) electrons. The Labute approximate surface area is 138 Å². The van der Waals surface area contributed by atoms with E-state index in [2.05, 4.69) is 25.1 Å². The summed E-state index contributed by atoms with van der Waals surface area (Å²) in [5, 5.41) is 12.4. The van der Waals surface area contributed by atoms with E-state index in [1.54, 1.807) is 6.07 Å². The van der Waals surface area contributed by atoms with Crippen molar-refractivity contribution >= 4 is 17.0 Å². The molecule has 0 heterocycles. The number of hydrogen-bond donors (Lipinski definition) is 1. The summed E-state index contributed by atoms with van der Waals surface area (Å²) in [6, 6.07) is 11.8. The van der Waals surface area contributed by atoms with Crippen LogP contribution in [0.2, 0.25) is 0 Å². The van der Waals surface area contributed by atoms with E-state index in [4.69, 9.17) is 4.99 Å². The highest BCUT2D eigenvalue weighted by Gasteiger charge is 2.33. The molecule has 0 saturated heterocycles. The molecule has 3 heteroatoms. The monoisotopic (exact) mass is 310 g/mol. The molecular weight excluding hydrogens is 284 g/mol. The Hall–Kier alpha value is -1.87. The predicted octanol–water partition coefficient (Wildman–Crippen LogP) is 4.23. The number of benzene rings is 2. The number of rotatable bonds is 4. The molecule has 1 aliphatic carbocycles. The summed E-state index contributed by atoms with van der Waals surface area (Å²) in [7, 11) is 4.33. The minimum absolute atomic E-state index is 0.176. The Balaban J connectivity index is 1.86. The van der Waals surface area contributed by atoms with E-state index in [1.807, 2.05) is 30.5 Å². The second-order valence-electron chi connectivity index (χ2n) is 6.87. The minimum atomic E-state index is 0.176. The fraction of sp³-hybridized carbons (Fsp3) is 0.450. The molecule has 122 valence electrons. The normalized spacial score (nSPS) is 18.0. The Morgan fingerprint density at radius 3 is 2.57 bits per heavy atom. The first kappa shape index (κ1) is 16.0. The van der Waals surface area contributed by atoms with Crippen molar-refractivity contribution in [2.24, 2.45) is 4.99 Å². The Bertz CT molecular complexity index is 700. The smallest absolute Gasteiger partial charge is 0.124 e. The van der Waals surface area contributed by atoms with Gasteiger partial charge >= 0.3 is 0 Å². The van der Waals surface area contributed by atoms with Gasteiger partial charge in [-0.05, 0) is 43.8 Å². The molecule has 0 atom stereocenters. The molecule has 0 amide bonds. The number of hydrogen-bond acceptors (Lipinski definition) is 3. The molecule has 2 aromatic carbocycles. The molecule has 0 unspecified atom stereocenters. The zero-order valence-corrected chi connectivity index (χ0v) is 14.1. The summed E-state index contributed by atoms with van der Waals surface area (Å²) in [6.45, 7) is 0.794. The zero-order chi connectivity index (χ0) is 16.3. The number of aromatic hydroxyl groups is 1. The minimum Gasteiger partial charge on any atom is -0.507 e. The third kappa shape index (κ3) is 3.25. The third-order valence-electron chi connectivity index (χ3n) is 5.29. The molecule has 0 aromatic heterocycles. The molecule has 3 rings (SSSR count). The van der Waals surface area contributed by atoms with Gasteiger partial charge in [-0.2, -0.15) is 0 Å². The van der Waals surface area contributed by atoms with Crippen molar-refractivity contribution in [3.8, 4) is 5.75 Å². The largest absolute Gasteiger partial charge is 0.507 e. The van der Waals surface area contributed by atoms with Crippen LogP contribution >= 0.6 is 0 Å². The number of fused-ring (bicyclic) bond motifs is 1. The third-order valence-corrected chi connectivity index (χ3v) is 5.29. The van der Waals surface area contributed by atoms with E-state index in [0.29, 0.717) is 5.75 Å². The van der Waals surface area contributed by atoms with Crippen LogP contribution < -0.4 is 0 Å². The van der Waals surface area contributed by atoms with Crippen molar-refractivity contribution in [1.29, 1.82) is 0 Å². The molecule has 0 aliphatic heterocycles. The Morgan fingerprint density at radius 2 is 1.83 bits per heavy atom. The topological polar surface area (TPSA) is 35.8 Å². The van der Waals surface area contributed by atoms with Crippen LogP contribution in [0.3, 0.4) is 0 Å². The van der Waals surface area contributed by atoms with E-state index in [-0.39, 0.29) is 5.54 Å². The van der Waals surface area contributed by atoms with Crippen LogP contribution in [-0.4, -0.2) is 42.4 Å². The van der Waals surface area contributed by atoms with Gasteiger partial charge in [0.05, 0.1) is 6.54 Å². The first-order valence-electron chi connectivity index (χ1n) is 8.50. The van der Waals surface area contributed by atoms with Gasteiger partial charge in [0.15, 0.2) is 0 Å². The van der Waals surface area contributed by atoms with Crippen molar-refractivity contribution in [2.75, 3.05) is 20.6 Å². The molecule has 23 heavy (non-hydrogen) atoms. The lowest BCUT2D eigenvalue weighted by atomic mass is 9.81. The highest BCUT2D eigenvalue weighted by Crippen LogP contribution is 2.32. The number of phenols is 1. The van der Waals surface area contributed by atoms with Gasteiger partial charge in [-0.1, -0.05) is 49.6 Å². The van der Waals surface area contributed by atoms with Gasteiger partial charge in [-0.25, -0.2) is 0 Å². The number of likely N-dealkylation sites (N-methyl/N-ethyl adjacent to an activating group) is 1. The van der Waals surface area contributed by atoms with Crippen molar-refractivity contribution in [2.45, 2.75) is 37.6 Å². The van der Waals surface area contributed by atoms with Crippen LogP contribution in [0.1, 0.15) is 37.7 Å². The second kappa shape index (κ2) is 6.71. The van der Waals surface area contributed by atoms with Crippen LogP contribution in [0.4, 0.5) is 0 Å². The lowest BCUT2D eigenvalue weighted by Gasteiger charge is -2.42. The summed E-state index contributed by atoms with van der Waals surface area (Å²) in [6.07, 6.45) is 8.18. The fourth-order valence-electron chi connectivity index (χ4n) is 3.68. The number of nitrogens with zero attached hydrogens (tertiary/aromatic N) is 2. The molecular formula is C20H26N2O. The average molecular weight is 310 g/mol. The number of aliphatic imine (C=N–C) groups is 1. The van der Waals surface area contributed by atoms with Crippen molar-refractivity contribution < 1.29 is 5.11 Å². The maximum atomic E-state index is 10.2. The molecule has 3 nitrogen and oxygen atoms in total. The SMILES string of the molecule is CN(C)C1(CN=Cc2c(O)ccc3ccccc23)CCCCC1. The van der Waals surface area contributed by atoms with Crippen molar-refractivity contribution in [1.82, 2.24) is 4.90 Å². The van der Waals surface area contributed by atoms with Gasteiger partial charge in [-0.15, -0.1) is 0 Å². The van der Waals surface area contributed by atoms with Gasteiger partial charge < -0.3 is 10.0 Å². The van der Waals surface area contributed by atoms with E-state index >= 15 is 0 Å². The summed E-state index contributed by atoms with van der Waals surface area (Å²) >= 11 is 0. The lowest BCUT2D eigenvalue weighted by molar-refractivity contribution is 0.110. The van der Waals surface area contributed by atoms with Gasteiger partial charge in [0.2, 0.25) is 0 Å². The van der Waals surface area contributed by atoms with E-state index in [0.717, 1.165) is 22.9 Å². The standard InChI is InChI=1S/C20H26N2O/c1-22(2)20(12-6-3-7-13-20)15-21-14-18-17-9-5-4-8-16(17)10-11-19(18)23/h4-5,8-11,14,23H,3,6-7,12-13,15H2,1-2H3. The Kier molecular flexibility index (Phi) is 4.67. The molecule has 1 fully saturated rings. The summed E-state index contributed by atoms with van der Waals surface area (Å²) in [4.78, 5) is 7.08. The molecule has 1 saturated carbocycles. The number of phenolic OH excluding ortho intramolecular Hbond substituents is 1. The molecule has 1 N–H and O–H groups in total. The van der Waals surface area contributed by atoms with Crippen molar-refractivity contribution in [3.05, 3.63) is 42.0 Å².